The number of hydrogen-bond acceptors (Lipinski definition) is 4. The third kappa shape index (κ3) is 7.02. The van der Waals surface area contributed by atoms with Gasteiger partial charge in [0.1, 0.15) is 5.76 Å². The van der Waals surface area contributed by atoms with Gasteiger partial charge in [0.05, 0.1) is 18.9 Å². The first kappa shape index (κ1) is 20.4. The molecule has 6 heteroatoms. The third-order valence-corrected chi connectivity index (χ3v) is 4.98. The van der Waals surface area contributed by atoms with Gasteiger partial charge in [-0.3, -0.25) is 9.89 Å². The summed E-state index contributed by atoms with van der Waals surface area (Å²) in [6.07, 6.45) is 5.27. The zero-order valence-corrected chi connectivity index (χ0v) is 16.8. The van der Waals surface area contributed by atoms with Gasteiger partial charge in [0.2, 0.25) is 0 Å². The van der Waals surface area contributed by atoms with Gasteiger partial charge in [0.25, 0.3) is 0 Å². The zero-order chi connectivity index (χ0) is 19.4. The summed E-state index contributed by atoms with van der Waals surface area (Å²) in [4.78, 5) is 6.74. The fourth-order valence-electron chi connectivity index (χ4n) is 3.41. The maximum atomic E-state index is 6.07. The molecule has 0 amide bonds. The zero-order valence-electron chi connectivity index (χ0n) is 16.8. The summed E-state index contributed by atoms with van der Waals surface area (Å²) < 4.78 is 11.4. The Hall–Kier alpha value is -2.31. The molecule has 1 saturated heterocycles. The molecule has 0 radical (unpaired) electrons. The number of ether oxygens (including phenoxy) is 1. The Morgan fingerprint density at radius 3 is 2.68 bits per heavy atom. The van der Waals surface area contributed by atoms with Gasteiger partial charge >= 0.3 is 0 Å². The molecule has 0 aliphatic carbocycles. The van der Waals surface area contributed by atoms with Gasteiger partial charge in [-0.25, -0.2) is 0 Å². The summed E-state index contributed by atoms with van der Waals surface area (Å²) >= 11 is 0. The fraction of sp³-hybridized carbons (Fsp3) is 0.500. The minimum atomic E-state index is 0.392. The van der Waals surface area contributed by atoms with E-state index in [9.17, 15) is 0 Å². The molecule has 0 bridgehead atoms. The first-order valence-corrected chi connectivity index (χ1v) is 10.2. The summed E-state index contributed by atoms with van der Waals surface area (Å²) in [5, 5.41) is 6.55. The van der Waals surface area contributed by atoms with Crippen LogP contribution in [0.2, 0.25) is 0 Å². The summed E-state index contributed by atoms with van der Waals surface area (Å²) in [6.45, 7) is 5.52. The Balaban J connectivity index is 1.23. The van der Waals surface area contributed by atoms with Crippen molar-refractivity contribution in [1.82, 2.24) is 15.5 Å². The van der Waals surface area contributed by atoms with E-state index in [1.54, 1.807) is 13.3 Å². The largest absolute Gasteiger partial charge is 0.467 e. The molecule has 0 spiro atoms. The summed E-state index contributed by atoms with van der Waals surface area (Å²) in [6, 6.07) is 14.5. The average molecular weight is 385 g/mol. The van der Waals surface area contributed by atoms with Crippen molar-refractivity contribution in [3.8, 4) is 0 Å². The second-order valence-electron chi connectivity index (χ2n) is 7.12. The molecule has 3 rings (SSSR count). The molecule has 2 N–H and O–H groups in total. The van der Waals surface area contributed by atoms with Crippen LogP contribution in [-0.2, 0) is 17.8 Å². The molecule has 1 aromatic carbocycles. The number of hydrogen-bond donors (Lipinski definition) is 2. The molecule has 6 nitrogen and oxygen atoms in total. The van der Waals surface area contributed by atoms with Crippen LogP contribution >= 0.6 is 0 Å². The van der Waals surface area contributed by atoms with Gasteiger partial charge in [0, 0.05) is 39.8 Å². The van der Waals surface area contributed by atoms with Crippen molar-refractivity contribution in [3.05, 3.63) is 60.1 Å². The summed E-state index contributed by atoms with van der Waals surface area (Å²) in [5.74, 6) is 1.68. The second-order valence-corrected chi connectivity index (χ2v) is 7.12. The van der Waals surface area contributed by atoms with Gasteiger partial charge in [-0.15, -0.1) is 0 Å². The van der Waals surface area contributed by atoms with Crippen LogP contribution in [0.15, 0.2) is 58.1 Å². The highest BCUT2D eigenvalue weighted by atomic mass is 16.5. The first-order chi connectivity index (χ1) is 13.8. The number of rotatable bonds is 9. The molecule has 1 fully saturated rings. The molecule has 2 aromatic rings. The molecule has 2 heterocycles. The lowest BCUT2D eigenvalue weighted by molar-refractivity contribution is 0.00534. The highest BCUT2D eigenvalue weighted by molar-refractivity contribution is 5.79. The van der Waals surface area contributed by atoms with E-state index in [1.165, 1.54) is 5.56 Å². The van der Waals surface area contributed by atoms with Crippen LogP contribution in [0, 0.1) is 0 Å². The number of furan rings is 1. The van der Waals surface area contributed by atoms with Crippen molar-refractivity contribution < 1.29 is 9.15 Å². The van der Waals surface area contributed by atoms with Crippen molar-refractivity contribution in [2.45, 2.75) is 38.5 Å². The lowest BCUT2D eigenvalue weighted by Gasteiger charge is -2.32. The van der Waals surface area contributed by atoms with Crippen molar-refractivity contribution in [2.24, 2.45) is 4.99 Å². The Morgan fingerprint density at radius 2 is 1.96 bits per heavy atom. The monoisotopic (exact) mass is 384 g/mol. The van der Waals surface area contributed by atoms with Crippen LogP contribution in [-0.4, -0.2) is 50.3 Å². The number of guanidine groups is 1. The highest BCUT2D eigenvalue weighted by Crippen LogP contribution is 2.16. The van der Waals surface area contributed by atoms with Crippen molar-refractivity contribution >= 4 is 5.96 Å². The normalized spacial score (nSPS) is 16.2. The molecule has 0 saturated carbocycles. The quantitative estimate of drug-likeness (QED) is 0.395. The fourth-order valence-corrected chi connectivity index (χ4v) is 3.41. The van der Waals surface area contributed by atoms with E-state index in [2.05, 4.69) is 50.9 Å². The van der Waals surface area contributed by atoms with Gasteiger partial charge < -0.3 is 19.8 Å². The van der Waals surface area contributed by atoms with Crippen LogP contribution in [0.4, 0.5) is 0 Å². The topological polar surface area (TPSA) is 62.0 Å². The smallest absolute Gasteiger partial charge is 0.191 e. The van der Waals surface area contributed by atoms with Crippen molar-refractivity contribution in [3.63, 3.8) is 0 Å². The Labute approximate surface area is 168 Å². The van der Waals surface area contributed by atoms with Crippen LogP contribution in [0.1, 0.15) is 30.6 Å². The molecule has 1 aliphatic rings. The molecule has 152 valence electrons. The molecule has 1 aliphatic heterocycles. The minimum absolute atomic E-state index is 0.392. The van der Waals surface area contributed by atoms with Gasteiger partial charge in [-0.05, 0) is 37.0 Å². The highest BCUT2D eigenvalue weighted by Gasteiger charge is 2.19. The molecular formula is C22H32N4O2. The van der Waals surface area contributed by atoms with E-state index in [1.807, 2.05) is 12.1 Å². The third-order valence-electron chi connectivity index (χ3n) is 4.98. The number of likely N-dealkylation sites (tertiary alicyclic amines) is 1. The van der Waals surface area contributed by atoms with Crippen LogP contribution in [0.3, 0.4) is 0 Å². The van der Waals surface area contributed by atoms with E-state index >= 15 is 0 Å². The molecule has 0 unspecified atom stereocenters. The van der Waals surface area contributed by atoms with Crippen molar-refractivity contribution in [2.75, 3.05) is 33.3 Å². The van der Waals surface area contributed by atoms with E-state index in [0.717, 1.165) is 63.8 Å². The Morgan fingerprint density at radius 1 is 1.14 bits per heavy atom. The van der Waals surface area contributed by atoms with Crippen LogP contribution < -0.4 is 10.6 Å². The van der Waals surface area contributed by atoms with Crippen LogP contribution in [0.25, 0.3) is 0 Å². The number of benzene rings is 1. The predicted molar refractivity (Wildman–Crippen MR) is 112 cm³/mol. The number of nitrogens with zero attached hydrogens (tertiary/aromatic N) is 2. The van der Waals surface area contributed by atoms with E-state index < -0.39 is 0 Å². The van der Waals surface area contributed by atoms with Gasteiger partial charge in [-0.1, -0.05) is 30.3 Å². The molecular weight excluding hydrogens is 352 g/mol. The predicted octanol–water partition coefficient (Wildman–Crippen LogP) is 3.02. The first-order valence-electron chi connectivity index (χ1n) is 10.2. The summed E-state index contributed by atoms with van der Waals surface area (Å²) in [7, 11) is 1.77. The Kier molecular flexibility index (Phi) is 8.40. The van der Waals surface area contributed by atoms with E-state index in [0.29, 0.717) is 12.6 Å². The second kappa shape index (κ2) is 11.5. The van der Waals surface area contributed by atoms with Crippen LogP contribution in [0.5, 0.6) is 0 Å². The molecule has 28 heavy (non-hydrogen) atoms. The standard InChI is InChI=1S/C22H32N4O2/c1-23-22(25-17-21-9-5-15-28-21)24-12-6-16-27-20-10-13-26(14-11-20)18-19-7-3-2-4-8-19/h2-5,7-9,15,20H,6,10-14,16-18H2,1H3,(H2,23,24,25). The molecule has 0 atom stereocenters. The van der Waals surface area contributed by atoms with Gasteiger partial charge in [0.15, 0.2) is 5.96 Å². The minimum Gasteiger partial charge on any atom is -0.467 e. The van der Waals surface area contributed by atoms with E-state index in [-0.39, 0.29) is 0 Å². The van der Waals surface area contributed by atoms with Crippen molar-refractivity contribution in [1.29, 1.82) is 0 Å². The lowest BCUT2D eigenvalue weighted by Crippen LogP contribution is -2.38. The Bertz CT molecular complexity index is 680. The SMILES string of the molecule is CN=C(NCCCOC1CCN(Cc2ccccc2)CC1)NCc1ccco1. The van der Waals surface area contributed by atoms with Gasteiger partial charge in [-0.2, -0.15) is 0 Å². The average Bonchev–Trinajstić information content (AvgIpc) is 3.26. The number of nitrogens with one attached hydrogen (secondary N) is 2. The number of piperidine rings is 1. The molecule has 1 aromatic heterocycles. The lowest BCUT2D eigenvalue weighted by atomic mass is 10.1. The maximum absolute atomic E-state index is 6.07. The number of aliphatic imine (C=N–C) groups is 1. The maximum Gasteiger partial charge on any atom is 0.191 e. The summed E-state index contributed by atoms with van der Waals surface area (Å²) in [5.41, 5.74) is 1.39. The van der Waals surface area contributed by atoms with E-state index in [4.69, 9.17) is 9.15 Å².